The van der Waals surface area contributed by atoms with E-state index in [2.05, 4.69) is 22.9 Å². The molecule has 0 saturated carbocycles. The van der Waals surface area contributed by atoms with Crippen LogP contribution in [0, 0.1) is 0 Å². The van der Waals surface area contributed by atoms with Crippen molar-refractivity contribution in [3.05, 3.63) is 0 Å². The smallest absolute Gasteiger partial charge is 0.237 e. The standard InChI is InChI=1S/C13H25N3O2/c1-4-5-9(2)15-13(18)10(3)16-11-6-7-12(17)14-8-11/h9-11,16H,4-8H2,1-3H3,(H,14,17)(H,15,18). The van der Waals surface area contributed by atoms with Crippen molar-refractivity contribution in [1.82, 2.24) is 16.0 Å². The van der Waals surface area contributed by atoms with Crippen LogP contribution in [0.2, 0.25) is 0 Å². The Balaban J connectivity index is 2.28. The van der Waals surface area contributed by atoms with Gasteiger partial charge in [-0.15, -0.1) is 0 Å². The van der Waals surface area contributed by atoms with Crippen molar-refractivity contribution in [3.63, 3.8) is 0 Å². The average Bonchev–Trinajstić information content (AvgIpc) is 2.32. The normalized spacial score (nSPS) is 23.1. The van der Waals surface area contributed by atoms with Crippen LogP contribution in [-0.4, -0.2) is 36.5 Å². The van der Waals surface area contributed by atoms with Gasteiger partial charge in [-0.3, -0.25) is 9.59 Å². The monoisotopic (exact) mass is 255 g/mol. The van der Waals surface area contributed by atoms with E-state index in [-0.39, 0.29) is 29.9 Å². The zero-order valence-electron chi connectivity index (χ0n) is 11.6. The van der Waals surface area contributed by atoms with Crippen molar-refractivity contribution in [2.45, 2.75) is 64.6 Å². The van der Waals surface area contributed by atoms with Crippen LogP contribution in [0.1, 0.15) is 46.5 Å². The molecule has 0 bridgehead atoms. The summed E-state index contributed by atoms with van der Waals surface area (Å²) in [4.78, 5) is 22.9. The van der Waals surface area contributed by atoms with E-state index in [0.29, 0.717) is 13.0 Å². The minimum atomic E-state index is -0.218. The molecule has 1 saturated heterocycles. The third-order valence-electron chi connectivity index (χ3n) is 3.25. The highest BCUT2D eigenvalue weighted by Crippen LogP contribution is 2.04. The number of carbonyl (C=O) groups excluding carboxylic acids is 2. The first kappa shape index (κ1) is 15.0. The largest absolute Gasteiger partial charge is 0.355 e. The molecule has 3 atom stereocenters. The zero-order valence-corrected chi connectivity index (χ0v) is 11.6. The number of rotatable bonds is 6. The van der Waals surface area contributed by atoms with Gasteiger partial charge in [0, 0.05) is 25.0 Å². The number of hydrogen-bond donors (Lipinski definition) is 3. The summed E-state index contributed by atoms with van der Waals surface area (Å²) < 4.78 is 0. The topological polar surface area (TPSA) is 70.2 Å². The van der Waals surface area contributed by atoms with Crippen LogP contribution in [0.25, 0.3) is 0 Å². The number of nitrogens with one attached hydrogen (secondary N) is 3. The lowest BCUT2D eigenvalue weighted by Crippen LogP contribution is -2.53. The van der Waals surface area contributed by atoms with Gasteiger partial charge in [0.25, 0.3) is 0 Å². The highest BCUT2D eigenvalue weighted by atomic mass is 16.2. The molecule has 0 aromatic heterocycles. The molecule has 3 unspecified atom stereocenters. The van der Waals surface area contributed by atoms with Gasteiger partial charge < -0.3 is 16.0 Å². The maximum absolute atomic E-state index is 11.9. The van der Waals surface area contributed by atoms with Gasteiger partial charge in [0.1, 0.15) is 0 Å². The van der Waals surface area contributed by atoms with Crippen LogP contribution in [-0.2, 0) is 9.59 Å². The number of piperidine rings is 1. The lowest BCUT2D eigenvalue weighted by atomic mass is 10.1. The average molecular weight is 255 g/mol. The molecule has 0 aromatic rings. The van der Waals surface area contributed by atoms with Gasteiger partial charge in [-0.1, -0.05) is 13.3 Å². The predicted molar refractivity (Wildman–Crippen MR) is 71.1 cm³/mol. The Hall–Kier alpha value is -1.10. The highest BCUT2D eigenvalue weighted by Gasteiger charge is 2.22. The molecule has 1 rings (SSSR count). The molecule has 104 valence electrons. The van der Waals surface area contributed by atoms with Crippen molar-refractivity contribution in [2.75, 3.05) is 6.54 Å². The Morgan fingerprint density at radius 3 is 2.78 bits per heavy atom. The fourth-order valence-electron chi connectivity index (χ4n) is 2.18. The van der Waals surface area contributed by atoms with Gasteiger partial charge in [-0.25, -0.2) is 0 Å². The maximum Gasteiger partial charge on any atom is 0.237 e. The SMILES string of the molecule is CCCC(C)NC(=O)C(C)NC1CCC(=O)NC1. The van der Waals surface area contributed by atoms with Crippen molar-refractivity contribution < 1.29 is 9.59 Å². The van der Waals surface area contributed by atoms with E-state index in [1.807, 2.05) is 13.8 Å². The first-order chi connectivity index (χ1) is 8.52. The molecule has 3 N–H and O–H groups in total. The lowest BCUT2D eigenvalue weighted by Gasteiger charge is -2.27. The summed E-state index contributed by atoms with van der Waals surface area (Å²) in [7, 11) is 0. The molecular formula is C13H25N3O2. The van der Waals surface area contributed by atoms with Crippen LogP contribution in [0.3, 0.4) is 0 Å². The van der Waals surface area contributed by atoms with E-state index in [1.54, 1.807) is 0 Å². The van der Waals surface area contributed by atoms with Gasteiger partial charge >= 0.3 is 0 Å². The second kappa shape index (κ2) is 7.36. The summed E-state index contributed by atoms with van der Waals surface area (Å²) in [5, 5.41) is 9.05. The van der Waals surface area contributed by atoms with Crippen LogP contribution in [0.4, 0.5) is 0 Å². The minimum absolute atomic E-state index is 0.0350. The Morgan fingerprint density at radius 1 is 1.50 bits per heavy atom. The summed E-state index contributed by atoms with van der Waals surface area (Å²) in [6.45, 7) is 6.61. The molecule has 2 amide bonds. The van der Waals surface area contributed by atoms with Gasteiger partial charge in [0.05, 0.1) is 6.04 Å². The molecule has 0 aromatic carbocycles. The Bertz CT molecular complexity index is 284. The van der Waals surface area contributed by atoms with Crippen LogP contribution >= 0.6 is 0 Å². The zero-order chi connectivity index (χ0) is 13.5. The van der Waals surface area contributed by atoms with E-state index in [9.17, 15) is 9.59 Å². The summed E-state index contributed by atoms with van der Waals surface area (Å²) in [5.41, 5.74) is 0. The molecule has 1 aliphatic heterocycles. The quantitative estimate of drug-likeness (QED) is 0.649. The van der Waals surface area contributed by atoms with Crippen molar-refractivity contribution in [1.29, 1.82) is 0 Å². The Kier molecular flexibility index (Phi) is 6.12. The van der Waals surface area contributed by atoms with E-state index in [4.69, 9.17) is 0 Å². The lowest BCUT2D eigenvalue weighted by molar-refractivity contribution is -0.123. The number of carbonyl (C=O) groups is 2. The summed E-state index contributed by atoms with van der Waals surface area (Å²) in [5.74, 6) is 0.134. The molecule has 0 radical (unpaired) electrons. The van der Waals surface area contributed by atoms with Gasteiger partial charge in [-0.2, -0.15) is 0 Å². The summed E-state index contributed by atoms with van der Waals surface area (Å²) in [6.07, 6.45) is 3.40. The first-order valence-corrected chi connectivity index (χ1v) is 6.86. The van der Waals surface area contributed by atoms with E-state index < -0.39 is 0 Å². The van der Waals surface area contributed by atoms with Crippen LogP contribution < -0.4 is 16.0 Å². The molecule has 0 aliphatic carbocycles. The third kappa shape index (κ3) is 5.04. The molecule has 1 fully saturated rings. The maximum atomic E-state index is 11.9. The van der Waals surface area contributed by atoms with Gasteiger partial charge in [0.15, 0.2) is 0 Å². The fraction of sp³-hybridized carbons (Fsp3) is 0.846. The van der Waals surface area contributed by atoms with E-state index >= 15 is 0 Å². The molecule has 5 heteroatoms. The second-order valence-electron chi connectivity index (χ2n) is 5.13. The number of amides is 2. The Morgan fingerprint density at radius 2 is 2.22 bits per heavy atom. The van der Waals surface area contributed by atoms with Crippen molar-refractivity contribution in [2.24, 2.45) is 0 Å². The van der Waals surface area contributed by atoms with E-state index in [0.717, 1.165) is 19.3 Å². The highest BCUT2D eigenvalue weighted by molar-refractivity contribution is 5.81. The predicted octanol–water partition coefficient (Wildman–Crippen LogP) is 0.548. The fourth-order valence-corrected chi connectivity index (χ4v) is 2.18. The number of hydrogen-bond acceptors (Lipinski definition) is 3. The summed E-state index contributed by atoms with van der Waals surface area (Å²) in [6, 6.07) is 0.201. The van der Waals surface area contributed by atoms with Gasteiger partial charge in [-0.05, 0) is 26.7 Å². The van der Waals surface area contributed by atoms with Crippen molar-refractivity contribution in [3.8, 4) is 0 Å². The molecule has 0 spiro atoms. The molecule has 5 nitrogen and oxygen atoms in total. The Labute approximate surface area is 109 Å². The summed E-state index contributed by atoms with van der Waals surface area (Å²) >= 11 is 0. The molecule has 18 heavy (non-hydrogen) atoms. The minimum Gasteiger partial charge on any atom is -0.355 e. The molecular weight excluding hydrogens is 230 g/mol. The van der Waals surface area contributed by atoms with Crippen molar-refractivity contribution >= 4 is 11.8 Å². The van der Waals surface area contributed by atoms with E-state index in [1.165, 1.54) is 0 Å². The second-order valence-corrected chi connectivity index (χ2v) is 5.13. The molecule has 1 aliphatic rings. The van der Waals surface area contributed by atoms with Gasteiger partial charge in [0.2, 0.25) is 11.8 Å². The third-order valence-corrected chi connectivity index (χ3v) is 3.25. The van der Waals surface area contributed by atoms with Crippen LogP contribution in [0.15, 0.2) is 0 Å². The van der Waals surface area contributed by atoms with Crippen LogP contribution in [0.5, 0.6) is 0 Å². The molecule has 1 heterocycles. The first-order valence-electron chi connectivity index (χ1n) is 6.86.